The van der Waals surface area contributed by atoms with E-state index in [0.717, 1.165) is 6.54 Å². The van der Waals surface area contributed by atoms with E-state index in [9.17, 15) is 0 Å². The second-order valence-corrected chi connectivity index (χ2v) is 5.17. The lowest BCUT2D eigenvalue weighted by Crippen LogP contribution is -2.34. The van der Waals surface area contributed by atoms with E-state index >= 15 is 0 Å². The van der Waals surface area contributed by atoms with Crippen molar-refractivity contribution in [3.63, 3.8) is 0 Å². The number of benzene rings is 1. The van der Waals surface area contributed by atoms with Gasteiger partial charge in [0.2, 0.25) is 0 Å². The van der Waals surface area contributed by atoms with Gasteiger partial charge in [0.15, 0.2) is 0 Å². The minimum atomic E-state index is 0.429. The molecule has 0 aliphatic rings. The second kappa shape index (κ2) is 4.95. The Bertz CT molecular complexity index is 464. The number of nitrogens with two attached hydrogens (primary N) is 1. The quantitative estimate of drug-likeness (QED) is 0.881. The van der Waals surface area contributed by atoms with Crippen LogP contribution in [0.25, 0.3) is 10.1 Å². The van der Waals surface area contributed by atoms with Crippen LogP contribution in [0.15, 0.2) is 29.6 Å². The maximum atomic E-state index is 5.68. The fourth-order valence-corrected chi connectivity index (χ4v) is 2.71. The van der Waals surface area contributed by atoms with Gasteiger partial charge in [0.1, 0.15) is 0 Å². The molecular formula is C13H18N2S. The summed E-state index contributed by atoms with van der Waals surface area (Å²) in [6.07, 6.45) is 0. The van der Waals surface area contributed by atoms with Gasteiger partial charge in [-0.3, -0.25) is 4.90 Å². The van der Waals surface area contributed by atoms with E-state index in [1.807, 2.05) is 11.3 Å². The molecule has 0 saturated carbocycles. The van der Waals surface area contributed by atoms with Gasteiger partial charge >= 0.3 is 0 Å². The highest BCUT2D eigenvalue weighted by molar-refractivity contribution is 7.17. The molecule has 0 radical (unpaired) electrons. The molecule has 0 spiro atoms. The molecule has 1 unspecified atom stereocenters. The van der Waals surface area contributed by atoms with Gasteiger partial charge in [-0.05, 0) is 36.4 Å². The molecule has 16 heavy (non-hydrogen) atoms. The van der Waals surface area contributed by atoms with Gasteiger partial charge in [0.25, 0.3) is 0 Å². The first-order valence-corrected chi connectivity index (χ1v) is 6.45. The molecule has 0 fully saturated rings. The molecule has 1 aromatic heterocycles. The minimum absolute atomic E-state index is 0.429. The highest BCUT2D eigenvalue weighted by Gasteiger charge is 2.10. The maximum absolute atomic E-state index is 5.68. The Morgan fingerprint density at radius 2 is 2.12 bits per heavy atom. The first-order valence-electron chi connectivity index (χ1n) is 5.57. The summed E-state index contributed by atoms with van der Waals surface area (Å²) in [6, 6.07) is 9.00. The zero-order valence-corrected chi connectivity index (χ0v) is 10.6. The number of fused-ring (bicyclic) bond motifs is 1. The Hall–Kier alpha value is -0.900. The summed E-state index contributed by atoms with van der Waals surface area (Å²) in [5.74, 6) is 0. The number of thiophene rings is 1. The number of hydrogen-bond donors (Lipinski definition) is 1. The van der Waals surface area contributed by atoms with Crippen LogP contribution < -0.4 is 5.73 Å². The highest BCUT2D eigenvalue weighted by atomic mass is 32.1. The molecule has 0 aliphatic carbocycles. The van der Waals surface area contributed by atoms with E-state index in [-0.39, 0.29) is 0 Å². The molecule has 0 saturated heterocycles. The van der Waals surface area contributed by atoms with Gasteiger partial charge < -0.3 is 5.73 Å². The fourth-order valence-electron chi connectivity index (χ4n) is 1.76. The molecule has 0 bridgehead atoms. The third-order valence-corrected chi connectivity index (χ3v) is 4.09. The summed E-state index contributed by atoms with van der Waals surface area (Å²) in [7, 11) is 2.13. The van der Waals surface area contributed by atoms with Crippen LogP contribution in [0.3, 0.4) is 0 Å². The van der Waals surface area contributed by atoms with Crippen LogP contribution >= 0.6 is 11.3 Å². The Morgan fingerprint density at radius 1 is 1.38 bits per heavy atom. The lowest BCUT2D eigenvalue weighted by Gasteiger charge is -2.22. The van der Waals surface area contributed by atoms with Crippen LogP contribution in [0, 0.1) is 0 Å². The van der Waals surface area contributed by atoms with Gasteiger partial charge in [0, 0.05) is 23.8 Å². The number of hydrogen-bond acceptors (Lipinski definition) is 3. The van der Waals surface area contributed by atoms with Crippen molar-refractivity contribution in [2.45, 2.75) is 19.5 Å². The summed E-state index contributed by atoms with van der Waals surface area (Å²) in [5, 5.41) is 3.63. The molecule has 2 rings (SSSR count). The summed E-state index contributed by atoms with van der Waals surface area (Å²) >= 11 is 1.82. The monoisotopic (exact) mass is 234 g/mol. The van der Waals surface area contributed by atoms with Crippen molar-refractivity contribution in [2.24, 2.45) is 5.73 Å². The molecule has 2 aromatic rings. The van der Waals surface area contributed by atoms with Crippen LogP contribution in [0.5, 0.6) is 0 Å². The van der Waals surface area contributed by atoms with Crippen LogP contribution in [0.2, 0.25) is 0 Å². The number of likely N-dealkylation sites (N-methyl/N-ethyl adjacent to an activating group) is 1. The predicted molar refractivity (Wildman–Crippen MR) is 71.8 cm³/mol. The second-order valence-electron chi connectivity index (χ2n) is 4.26. The van der Waals surface area contributed by atoms with Crippen LogP contribution in [-0.2, 0) is 6.54 Å². The van der Waals surface area contributed by atoms with Crippen molar-refractivity contribution in [1.82, 2.24) is 4.90 Å². The topological polar surface area (TPSA) is 29.3 Å². The molecule has 86 valence electrons. The molecule has 2 N–H and O–H groups in total. The standard InChI is InChI=1S/C13H18N2S/c1-10(7-14)15(2)8-11-9-16-13-6-4-3-5-12(11)13/h3-6,9-10H,7-8,14H2,1-2H3. The van der Waals surface area contributed by atoms with E-state index in [0.29, 0.717) is 12.6 Å². The predicted octanol–water partition coefficient (Wildman–Crippen LogP) is 2.68. The van der Waals surface area contributed by atoms with E-state index in [1.165, 1.54) is 15.6 Å². The van der Waals surface area contributed by atoms with Gasteiger partial charge in [-0.15, -0.1) is 11.3 Å². The van der Waals surface area contributed by atoms with Crippen molar-refractivity contribution in [3.05, 3.63) is 35.2 Å². The van der Waals surface area contributed by atoms with Crippen LogP contribution in [0.4, 0.5) is 0 Å². The average molecular weight is 234 g/mol. The fraction of sp³-hybridized carbons (Fsp3) is 0.385. The zero-order valence-electron chi connectivity index (χ0n) is 9.81. The third kappa shape index (κ3) is 2.26. The van der Waals surface area contributed by atoms with E-state index < -0.39 is 0 Å². The molecular weight excluding hydrogens is 216 g/mol. The van der Waals surface area contributed by atoms with Crippen molar-refractivity contribution in [2.75, 3.05) is 13.6 Å². The Morgan fingerprint density at radius 3 is 2.88 bits per heavy atom. The third-order valence-electron chi connectivity index (χ3n) is 3.07. The normalized spacial score (nSPS) is 13.5. The maximum Gasteiger partial charge on any atom is 0.0346 e. The van der Waals surface area contributed by atoms with Crippen molar-refractivity contribution < 1.29 is 0 Å². The van der Waals surface area contributed by atoms with Gasteiger partial charge in [-0.1, -0.05) is 18.2 Å². The van der Waals surface area contributed by atoms with E-state index in [4.69, 9.17) is 5.73 Å². The first kappa shape index (κ1) is 11.6. The number of rotatable bonds is 4. The molecule has 1 atom stereocenters. The summed E-state index contributed by atoms with van der Waals surface area (Å²) in [4.78, 5) is 2.30. The summed E-state index contributed by atoms with van der Waals surface area (Å²) in [5.41, 5.74) is 7.08. The largest absolute Gasteiger partial charge is 0.329 e. The molecule has 0 aliphatic heterocycles. The van der Waals surface area contributed by atoms with Crippen LogP contribution in [0.1, 0.15) is 12.5 Å². The molecule has 1 heterocycles. The van der Waals surface area contributed by atoms with Crippen molar-refractivity contribution in [1.29, 1.82) is 0 Å². The SMILES string of the molecule is CC(CN)N(C)Cc1csc2ccccc12. The van der Waals surface area contributed by atoms with E-state index in [1.54, 1.807) is 0 Å². The van der Waals surface area contributed by atoms with Crippen LogP contribution in [-0.4, -0.2) is 24.5 Å². The first-order chi connectivity index (χ1) is 7.72. The number of nitrogens with zero attached hydrogens (tertiary/aromatic N) is 1. The Kier molecular flexibility index (Phi) is 3.59. The molecule has 2 nitrogen and oxygen atoms in total. The lowest BCUT2D eigenvalue weighted by molar-refractivity contribution is 0.256. The average Bonchev–Trinajstić information content (AvgIpc) is 2.72. The lowest BCUT2D eigenvalue weighted by atomic mass is 10.1. The smallest absolute Gasteiger partial charge is 0.0346 e. The van der Waals surface area contributed by atoms with Gasteiger partial charge in [-0.25, -0.2) is 0 Å². The molecule has 0 amide bonds. The zero-order chi connectivity index (χ0) is 11.5. The highest BCUT2D eigenvalue weighted by Crippen LogP contribution is 2.26. The Balaban J connectivity index is 2.21. The molecule has 1 aromatic carbocycles. The Labute approximate surface area is 101 Å². The molecule has 3 heteroatoms. The van der Waals surface area contributed by atoms with Crippen molar-refractivity contribution in [3.8, 4) is 0 Å². The van der Waals surface area contributed by atoms with E-state index in [2.05, 4.69) is 48.5 Å². The van der Waals surface area contributed by atoms with Gasteiger partial charge in [0.05, 0.1) is 0 Å². The minimum Gasteiger partial charge on any atom is -0.329 e. The van der Waals surface area contributed by atoms with Gasteiger partial charge in [-0.2, -0.15) is 0 Å². The summed E-state index contributed by atoms with van der Waals surface area (Å²) in [6.45, 7) is 3.84. The van der Waals surface area contributed by atoms with Crippen molar-refractivity contribution >= 4 is 21.4 Å². The summed E-state index contributed by atoms with van der Waals surface area (Å²) < 4.78 is 1.37.